The number of aliphatic hydroxyl groups excluding tert-OH is 1. The molecule has 0 saturated heterocycles. The van der Waals surface area contributed by atoms with Gasteiger partial charge in [-0.25, -0.2) is 4.39 Å². The van der Waals surface area contributed by atoms with Crippen LogP contribution in [0.15, 0.2) is 36.5 Å². The predicted molar refractivity (Wildman–Crippen MR) is 69.0 cm³/mol. The maximum atomic E-state index is 13.2. The van der Waals surface area contributed by atoms with Gasteiger partial charge in [-0.2, -0.15) is 0 Å². The van der Waals surface area contributed by atoms with E-state index >= 15 is 0 Å². The van der Waals surface area contributed by atoms with Crippen LogP contribution in [0, 0.1) is 12.7 Å². The quantitative estimate of drug-likeness (QED) is 0.922. The Hall–Kier alpha value is -1.45. The molecule has 1 atom stereocenters. The number of aryl methyl sites for hydroxylation is 1. The molecule has 1 unspecified atom stereocenters. The van der Waals surface area contributed by atoms with Crippen molar-refractivity contribution in [1.29, 1.82) is 0 Å². The molecule has 1 N–H and O–H groups in total. The zero-order valence-electron chi connectivity index (χ0n) is 9.90. The van der Waals surface area contributed by atoms with Crippen LogP contribution in [0.3, 0.4) is 0 Å². The number of hydrogen-bond donors (Lipinski definition) is 1. The molecule has 0 spiro atoms. The van der Waals surface area contributed by atoms with Crippen molar-refractivity contribution >= 4 is 11.6 Å². The topological polar surface area (TPSA) is 33.1 Å². The van der Waals surface area contributed by atoms with Crippen LogP contribution in [0.4, 0.5) is 4.39 Å². The Labute approximate surface area is 110 Å². The molecule has 1 aromatic carbocycles. The third-order valence-corrected chi connectivity index (χ3v) is 3.15. The Bertz CT molecular complexity index is 559. The lowest BCUT2D eigenvalue weighted by atomic mass is 10.0. The van der Waals surface area contributed by atoms with Crippen molar-refractivity contribution < 1.29 is 9.50 Å². The number of halogens is 2. The summed E-state index contributed by atoms with van der Waals surface area (Å²) in [6.07, 6.45) is 1.03. The summed E-state index contributed by atoms with van der Waals surface area (Å²) in [5.41, 5.74) is 2.11. The van der Waals surface area contributed by atoms with Crippen LogP contribution in [-0.4, -0.2) is 10.1 Å². The molecule has 2 aromatic rings. The Morgan fingerprint density at radius 3 is 2.89 bits per heavy atom. The highest BCUT2D eigenvalue weighted by atomic mass is 35.5. The first kappa shape index (κ1) is 13.0. The highest BCUT2D eigenvalue weighted by Gasteiger charge is 2.14. The smallest absolute Gasteiger partial charge is 0.123 e. The minimum Gasteiger partial charge on any atom is -0.386 e. The van der Waals surface area contributed by atoms with Gasteiger partial charge in [0.25, 0.3) is 0 Å². The van der Waals surface area contributed by atoms with E-state index in [2.05, 4.69) is 4.98 Å². The average molecular weight is 266 g/mol. The summed E-state index contributed by atoms with van der Waals surface area (Å²) in [6.45, 7) is 1.88. The molecule has 0 saturated carbocycles. The van der Waals surface area contributed by atoms with E-state index in [1.807, 2.05) is 6.92 Å². The van der Waals surface area contributed by atoms with Gasteiger partial charge in [-0.05, 0) is 42.3 Å². The molecule has 18 heavy (non-hydrogen) atoms. The molecule has 0 aliphatic rings. The first-order chi connectivity index (χ1) is 8.58. The van der Waals surface area contributed by atoms with Crippen molar-refractivity contribution in [2.75, 3.05) is 0 Å². The van der Waals surface area contributed by atoms with E-state index in [1.54, 1.807) is 24.4 Å². The highest BCUT2D eigenvalue weighted by Crippen LogP contribution is 2.24. The van der Waals surface area contributed by atoms with Crippen molar-refractivity contribution in [1.82, 2.24) is 4.98 Å². The van der Waals surface area contributed by atoms with Crippen LogP contribution in [0.5, 0.6) is 0 Å². The number of pyridine rings is 1. The standard InChI is InChI=1S/C14H13ClFNO/c1-9-4-5-11(16)7-10(9)8-13(18)14-12(15)3-2-6-17-14/h2-7,13,18H,8H2,1H3. The zero-order chi connectivity index (χ0) is 13.1. The number of nitrogens with zero attached hydrogens (tertiary/aromatic N) is 1. The first-order valence-corrected chi connectivity index (χ1v) is 5.99. The van der Waals surface area contributed by atoms with E-state index in [4.69, 9.17) is 11.6 Å². The lowest BCUT2D eigenvalue weighted by molar-refractivity contribution is 0.173. The summed E-state index contributed by atoms with van der Waals surface area (Å²) in [5.74, 6) is -0.310. The fraction of sp³-hybridized carbons (Fsp3) is 0.214. The maximum absolute atomic E-state index is 13.2. The van der Waals surface area contributed by atoms with Crippen LogP contribution in [0.25, 0.3) is 0 Å². The van der Waals surface area contributed by atoms with Crippen LogP contribution in [0.2, 0.25) is 5.02 Å². The van der Waals surface area contributed by atoms with Gasteiger partial charge >= 0.3 is 0 Å². The lowest BCUT2D eigenvalue weighted by Gasteiger charge is -2.13. The highest BCUT2D eigenvalue weighted by molar-refractivity contribution is 6.31. The summed E-state index contributed by atoms with van der Waals surface area (Å²) in [6, 6.07) is 7.89. The van der Waals surface area contributed by atoms with Crippen molar-refractivity contribution in [3.05, 3.63) is 64.2 Å². The molecular weight excluding hydrogens is 253 g/mol. The molecule has 0 fully saturated rings. The third kappa shape index (κ3) is 2.86. The molecule has 2 nitrogen and oxygen atoms in total. The van der Waals surface area contributed by atoms with Crippen molar-refractivity contribution in [3.63, 3.8) is 0 Å². The average Bonchev–Trinajstić information content (AvgIpc) is 2.34. The van der Waals surface area contributed by atoms with E-state index < -0.39 is 6.10 Å². The molecule has 94 valence electrons. The molecular formula is C14H13ClFNO. The molecule has 0 bridgehead atoms. The molecule has 4 heteroatoms. The van der Waals surface area contributed by atoms with Crippen molar-refractivity contribution in [2.45, 2.75) is 19.4 Å². The van der Waals surface area contributed by atoms with E-state index in [1.165, 1.54) is 12.1 Å². The third-order valence-electron chi connectivity index (χ3n) is 2.83. The Balaban J connectivity index is 2.24. The Kier molecular flexibility index (Phi) is 3.94. The zero-order valence-corrected chi connectivity index (χ0v) is 10.7. The molecule has 0 radical (unpaired) electrons. The minimum atomic E-state index is -0.834. The molecule has 0 amide bonds. The fourth-order valence-corrected chi connectivity index (χ4v) is 2.06. The SMILES string of the molecule is Cc1ccc(F)cc1CC(O)c1ncccc1Cl. The number of aliphatic hydroxyl groups is 1. The molecule has 0 aliphatic carbocycles. The summed E-state index contributed by atoms with van der Waals surface area (Å²) in [7, 11) is 0. The second-order valence-electron chi connectivity index (χ2n) is 4.16. The van der Waals surface area contributed by atoms with Crippen LogP contribution >= 0.6 is 11.6 Å². The normalized spacial score (nSPS) is 12.4. The summed E-state index contributed by atoms with van der Waals surface area (Å²) in [4.78, 5) is 4.05. The van der Waals surface area contributed by atoms with Gasteiger partial charge in [0.15, 0.2) is 0 Å². The summed E-state index contributed by atoms with van der Waals surface area (Å²) < 4.78 is 13.2. The van der Waals surface area contributed by atoms with Gasteiger partial charge in [-0.1, -0.05) is 17.7 Å². The number of aromatic nitrogens is 1. The van der Waals surface area contributed by atoms with E-state index in [0.717, 1.165) is 11.1 Å². The fourth-order valence-electron chi connectivity index (χ4n) is 1.81. The van der Waals surface area contributed by atoms with Gasteiger partial charge in [0.1, 0.15) is 11.9 Å². The van der Waals surface area contributed by atoms with Crippen molar-refractivity contribution in [2.24, 2.45) is 0 Å². The molecule has 1 heterocycles. The molecule has 1 aromatic heterocycles. The van der Waals surface area contributed by atoms with E-state index in [-0.39, 0.29) is 5.82 Å². The van der Waals surface area contributed by atoms with E-state index in [0.29, 0.717) is 17.1 Å². The largest absolute Gasteiger partial charge is 0.386 e. The first-order valence-electron chi connectivity index (χ1n) is 5.61. The van der Waals surface area contributed by atoms with Gasteiger partial charge in [-0.15, -0.1) is 0 Å². The van der Waals surface area contributed by atoms with Crippen molar-refractivity contribution in [3.8, 4) is 0 Å². The molecule has 2 rings (SSSR count). The van der Waals surface area contributed by atoms with Crippen LogP contribution in [0.1, 0.15) is 22.9 Å². The summed E-state index contributed by atoms with van der Waals surface area (Å²) in [5, 5.41) is 10.5. The van der Waals surface area contributed by atoms with Gasteiger partial charge in [0, 0.05) is 12.6 Å². The van der Waals surface area contributed by atoms with Crippen LogP contribution < -0.4 is 0 Å². The Morgan fingerprint density at radius 1 is 1.39 bits per heavy atom. The number of benzene rings is 1. The maximum Gasteiger partial charge on any atom is 0.123 e. The number of hydrogen-bond acceptors (Lipinski definition) is 2. The predicted octanol–water partition coefficient (Wildman–Crippen LogP) is 3.46. The second-order valence-corrected chi connectivity index (χ2v) is 4.57. The lowest BCUT2D eigenvalue weighted by Crippen LogP contribution is -2.06. The summed E-state index contributed by atoms with van der Waals surface area (Å²) >= 11 is 5.96. The van der Waals surface area contributed by atoms with Crippen LogP contribution in [-0.2, 0) is 6.42 Å². The van der Waals surface area contributed by atoms with Gasteiger partial charge in [0.05, 0.1) is 10.7 Å². The minimum absolute atomic E-state index is 0.292. The van der Waals surface area contributed by atoms with Gasteiger partial charge in [0.2, 0.25) is 0 Å². The van der Waals surface area contributed by atoms with E-state index in [9.17, 15) is 9.50 Å². The van der Waals surface area contributed by atoms with Gasteiger partial charge in [-0.3, -0.25) is 4.98 Å². The number of rotatable bonds is 3. The molecule has 0 aliphatic heterocycles. The van der Waals surface area contributed by atoms with Gasteiger partial charge < -0.3 is 5.11 Å². The Morgan fingerprint density at radius 2 is 2.17 bits per heavy atom. The second kappa shape index (κ2) is 5.46. The monoisotopic (exact) mass is 265 g/mol.